The number of carbonyl (C=O) groups is 1. The summed E-state index contributed by atoms with van der Waals surface area (Å²) in [4.78, 5) is 31.9. The summed E-state index contributed by atoms with van der Waals surface area (Å²) in [7, 11) is 1.79. The van der Waals surface area contributed by atoms with Crippen molar-refractivity contribution in [2.75, 3.05) is 12.8 Å². The lowest BCUT2D eigenvalue weighted by molar-refractivity contribution is -0.127. The molecule has 3 aromatic rings. The van der Waals surface area contributed by atoms with Crippen LogP contribution < -0.4 is 5.56 Å². The number of carbonyl (C=O) groups excluding carboxylic acids is 1. The molecule has 1 aromatic heterocycles. The van der Waals surface area contributed by atoms with Gasteiger partial charge in [-0.05, 0) is 42.7 Å². The van der Waals surface area contributed by atoms with E-state index < -0.39 is 0 Å². The molecule has 0 radical (unpaired) electrons. The average Bonchev–Trinajstić information content (AvgIpc) is 2.70. The minimum atomic E-state index is -0.100. The van der Waals surface area contributed by atoms with Crippen LogP contribution in [0.5, 0.6) is 0 Å². The Bertz CT molecular complexity index is 1100. The van der Waals surface area contributed by atoms with Gasteiger partial charge in [-0.25, -0.2) is 4.98 Å². The third kappa shape index (κ3) is 5.00. The largest absolute Gasteiger partial charge is 0.341 e. The molecular weight excluding hydrogens is 406 g/mol. The van der Waals surface area contributed by atoms with E-state index in [1.54, 1.807) is 34.7 Å². The lowest BCUT2D eigenvalue weighted by atomic mass is 10.1. The van der Waals surface area contributed by atoms with Crippen LogP contribution in [0.4, 0.5) is 0 Å². The van der Waals surface area contributed by atoms with Crippen molar-refractivity contribution in [1.82, 2.24) is 14.5 Å². The molecule has 0 atom stereocenters. The number of aryl methyl sites for hydroxylation is 1. The highest BCUT2D eigenvalue weighted by atomic mass is 35.5. The number of hydrogen-bond acceptors (Lipinski definition) is 4. The molecule has 0 fully saturated rings. The number of nitrogens with zero attached hydrogens (tertiary/aromatic N) is 3. The first-order valence-electron chi connectivity index (χ1n) is 9.52. The average molecular weight is 430 g/mol. The maximum absolute atomic E-state index is 12.9. The molecule has 0 aliphatic carbocycles. The highest BCUT2D eigenvalue weighted by Crippen LogP contribution is 2.21. The second-order valence-electron chi connectivity index (χ2n) is 6.98. The Morgan fingerprint density at radius 3 is 2.72 bits per heavy atom. The summed E-state index contributed by atoms with van der Waals surface area (Å²) in [5.74, 6) is 0.201. The standard InChI is InChI=1S/C22H24ClN3O2S/c1-4-11-26-21(28)18-10-9-17(23)12-19(18)24-22(26)29-14-20(27)25(3)13-16-8-6-5-7-15(16)2/h5-10,12H,4,11,13-14H2,1-3H3. The smallest absolute Gasteiger partial charge is 0.262 e. The summed E-state index contributed by atoms with van der Waals surface area (Å²) in [6.07, 6.45) is 0.801. The fourth-order valence-electron chi connectivity index (χ4n) is 3.07. The van der Waals surface area contributed by atoms with Crippen LogP contribution in [0, 0.1) is 6.92 Å². The van der Waals surface area contributed by atoms with E-state index in [9.17, 15) is 9.59 Å². The van der Waals surface area contributed by atoms with E-state index in [-0.39, 0.29) is 17.2 Å². The maximum Gasteiger partial charge on any atom is 0.262 e. The van der Waals surface area contributed by atoms with Crippen LogP contribution in [0.1, 0.15) is 24.5 Å². The minimum Gasteiger partial charge on any atom is -0.341 e. The first-order chi connectivity index (χ1) is 13.9. The molecule has 7 heteroatoms. The van der Waals surface area contributed by atoms with Gasteiger partial charge in [0, 0.05) is 25.2 Å². The van der Waals surface area contributed by atoms with Crippen molar-refractivity contribution in [2.24, 2.45) is 0 Å². The molecule has 1 heterocycles. The monoisotopic (exact) mass is 429 g/mol. The third-order valence-electron chi connectivity index (χ3n) is 4.75. The molecule has 0 spiro atoms. The first-order valence-corrected chi connectivity index (χ1v) is 10.9. The van der Waals surface area contributed by atoms with Gasteiger partial charge in [0.1, 0.15) is 0 Å². The van der Waals surface area contributed by atoms with E-state index in [1.807, 2.05) is 38.1 Å². The molecule has 1 amide bonds. The summed E-state index contributed by atoms with van der Waals surface area (Å²) in [5, 5.41) is 1.61. The highest BCUT2D eigenvalue weighted by Gasteiger charge is 2.16. The van der Waals surface area contributed by atoms with Gasteiger partial charge in [-0.1, -0.05) is 54.6 Å². The number of aromatic nitrogens is 2. The molecule has 0 unspecified atom stereocenters. The number of amides is 1. The summed E-state index contributed by atoms with van der Waals surface area (Å²) < 4.78 is 1.65. The molecule has 152 valence electrons. The molecule has 0 N–H and O–H groups in total. The first kappa shape index (κ1) is 21.4. The van der Waals surface area contributed by atoms with Crippen molar-refractivity contribution in [3.05, 3.63) is 69.0 Å². The second-order valence-corrected chi connectivity index (χ2v) is 8.36. The van der Waals surface area contributed by atoms with Crippen molar-refractivity contribution in [2.45, 2.75) is 38.5 Å². The maximum atomic E-state index is 12.9. The summed E-state index contributed by atoms with van der Waals surface area (Å²) >= 11 is 7.36. The number of hydrogen-bond donors (Lipinski definition) is 0. The fourth-order valence-corrected chi connectivity index (χ4v) is 4.20. The number of thioether (sulfide) groups is 1. The third-order valence-corrected chi connectivity index (χ3v) is 5.95. The lowest BCUT2D eigenvalue weighted by Crippen LogP contribution is -2.29. The van der Waals surface area contributed by atoms with Gasteiger partial charge in [-0.2, -0.15) is 0 Å². The lowest BCUT2D eigenvalue weighted by Gasteiger charge is -2.19. The molecule has 5 nitrogen and oxygen atoms in total. The second kappa shape index (κ2) is 9.46. The molecule has 3 rings (SSSR count). The SMILES string of the molecule is CCCn1c(SCC(=O)N(C)Cc2ccccc2C)nc2cc(Cl)ccc2c1=O. The molecule has 0 saturated carbocycles. The van der Waals surface area contributed by atoms with Crippen LogP contribution in [0.25, 0.3) is 10.9 Å². The zero-order chi connectivity index (χ0) is 21.0. The number of fused-ring (bicyclic) bond motifs is 1. The molecule has 0 aliphatic heterocycles. The number of halogens is 1. The van der Waals surface area contributed by atoms with E-state index in [0.29, 0.717) is 34.2 Å². The minimum absolute atomic E-state index is 0.0123. The van der Waals surface area contributed by atoms with Gasteiger partial charge in [0.25, 0.3) is 5.56 Å². The summed E-state index contributed by atoms with van der Waals surface area (Å²) in [6.45, 7) is 5.15. The van der Waals surface area contributed by atoms with Gasteiger partial charge in [0.15, 0.2) is 5.16 Å². The topological polar surface area (TPSA) is 55.2 Å². The molecule has 0 saturated heterocycles. The van der Waals surface area contributed by atoms with Crippen molar-refractivity contribution < 1.29 is 4.79 Å². The fraction of sp³-hybridized carbons (Fsp3) is 0.318. The normalized spacial score (nSPS) is 11.0. The van der Waals surface area contributed by atoms with Crippen molar-refractivity contribution in [1.29, 1.82) is 0 Å². The van der Waals surface area contributed by atoms with Crippen molar-refractivity contribution in [3.63, 3.8) is 0 Å². The zero-order valence-electron chi connectivity index (χ0n) is 16.8. The van der Waals surface area contributed by atoms with Gasteiger partial charge in [-0.3, -0.25) is 14.2 Å². The van der Waals surface area contributed by atoms with Crippen LogP contribution in [0.15, 0.2) is 52.4 Å². The van der Waals surface area contributed by atoms with Crippen LogP contribution in [-0.2, 0) is 17.9 Å². The Kier molecular flexibility index (Phi) is 6.98. The van der Waals surface area contributed by atoms with Crippen LogP contribution in [-0.4, -0.2) is 33.2 Å². The van der Waals surface area contributed by atoms with Gasteiger partial charge >= 0.3 is 0 Å². The van der Waals surface area contributed by atoms with Gasteiger partial charge < -0.3 is 4.90 Å². The molecule has 2 aromatic carbocycles. The Hall–Kier alpha value is -2.31. The zero-order valence-corrected chi connectivity index (χ0v) is 18.4. The van der Waals surface area contributed by atoms with Gasteiger partial charge in [-0.15, -0.1) is 0 Å². The van der Waals surface area contributed by atoms with E-state index in [0.717, 1.165) is 17.5 Å². The Morgan fingerprint density at radius 1 is 1.24 bits per heavy atom. The quantitative estimate of drug-likeness (QED) is 0.409. The van der Waals surface area contributed by atoms with Gasteiger partial charge in [0.05, 0.1) is 16.7 Å². The Balaban J connectivity index is 1.80. The molecule has 0 bridgehead atoms. The van der Waals surface area contributed by atoms with Crippen LogP contribution >= 0.6 is 23.4 Å². The van der Waals surface area contributed by atoms with Crippen LogP contribution in [0.2, 0.25) is 5.02 Å². The molecule has 29 heavy (non-hydrogen) atoms. The van der Waals surface area contributed by atoms with Crippen LogP contribution in [0.3, 0.4) is 0 Å². The van der Waals surface area contributed by atoms with Gasteiger partial charge in [0.2, 0.25) is 5.91 Å². The van der Waals surface area contributed by atoms with E-state index in [4.69, 9.17) is 11.6 Å². The summed E-state index contributed by atoms with van der Waals surface area (Å²) in [5.41, 5.74) is 2.73. The van der Waals surface area contributed by atoms with Crippen molar-refractivity contribution in [3.8, 4) is 0 Å². The Labute approximate surface area is 179 Å². The molecular formula is C22H24ClN3O2S. The predicted molar refractivity (Wildman–Crippen MR) is 120 cm³/mol. The van der Waals surface area contributed by atoms with E-state index >= 15 is 0 Å². The highest BCUT2D eigenvalue weighted by molar-refractivity contribution is 7.99. The van der Waals surface area contributed by atoms with Crippen molar-refractivity contribution >= 4 is 40.2 Å². The Morgan fingerprint density at radius 2 is 2.00 bits per heavy atom. The summed E-state index contributed by atoms with van der Waals surface area (Å²) in [6, 6.07) is 13.1. The number of rotatable bonds is 7. The number of benzene rings is 2. The van der Waals surface area contributed by atoms with E-state index in [2.05, 4.69) is 4.98 Å². The predicted octanol–water partition coefficient (Wildman–Crippen LogP) is 4.52. The molecule has 0 aliphatic rings. The van der Waals surface area contributed by atoms with E-state index in [1.165, 1.54) is 11.8 Å².